The predicted octanol–water partition coefficient (Wildman–Crippen LogP) is 1.99. The Balaban J connectivity index is 2.51. The molecule has 2 nitrogen and oxygen atoms in total. The van der Waals surface area contributed by atoms with Crippen molar-refractivity contribution in [3.05, 3.63) is 35.6 Å². The van der Waals surface area contributed by atoms with E-state index in [-0.39, 0.29) is 11.9 Å². The quantitative estimate of drug-likeness (QED) is 0.805. The molecule has 0 fully saturated rings. The molecule has 0 bridgehead atoms. The number of likely N-dealkylation sites (N-methyl/N-ethyl adjacent to an activating group) is 1. The number of hydrogen-bond donors (Lipinski definition) is 1. The molecule has 1 aromatic rings. The molecular weight excluding hydrogens is 191 g/mol. The molecule has 0 heterocycles. The van der Waals surface area contributed by atoms with Gasteiger partial charge >= 0.3 is 0 Å². The minimum absolute atomic E-state index is 0.144. The Morgan fingerprint density at radius 2 is 2.07 bits per heavy atom. The largest absolute Gasteiger partial charge is 0.327 e. The summed E-state index contributed by atoms with van der Waals surface area (Å²) >= 11 is 0. The minimum atomic E-state index is -0.144. The summed E-state index contributed by atoms with van der Waals surface area (Å²) < 4.78 is 13.3. The van der Waals surface area contributed by atoms with E-state index in [1.807, 2.05) is 24.1 Å². The second-order valence-electron chi connectivity index (χ2n) is 3.96. The maximum atomic E-state index is 13.3. The number of rotatable bonds is 5. The van der Waals surface area contributed by atoms with Gasteiger partial charge in [0, 0.05) is 24.7 Å². The smallest absolute Gasteiger partial charge is 0.127 e. The molecule has 3 heteroatoms. The first-order chi connectivity index (χ1) is 7.13. The molecule has 1 atom stereocenters. The van der Waals surface area contributed by atoms with E-state index in [4.69, 9.17) is 5.73 Å². The van der Waals surface area contributed by atoms with Crippen molar-refractivity contribution in [2.45, 2.75) is 25.9 Å². The second kappa shape index (κ2) is 5.83. The van der Waals surface area contributed by atoms with Gasteiger partial charge in [0.25, 0.3) is 0 Å². The summed E-state index contributed by atoms with van der Waals surface area (Å²) in [7, 11) is 1.96. The minimum Gasteiger partial charge on any atom is -0.327 e. The monoisotopic (exact) mass is 210 g/mol. The van der Waals surface area contributed by atoms with Gasteiger partial charge in [0.1, 0.15) is 5.82 Å². The number of nitrogens with zero attached hydrogens (tertiary/aromatic N) is 1. The second-order valence-corrected chi connectivity index (χ2v) is 3.96. The lowest BCUT2D eigenvalue weighted by molar-refractivity contribution is 0.296. The van der Waals surface area contributed by atoms with Crippen LogP contribution in [-0.4, -0.2) is 24.5 Å². The molecule has 1 aromatic carbocycles. The van der Waals surface area contributed by atoms with Crippen LogP contribution in [0.2, 0.25) is 0 Å². The van der Waals surface area contributed by atoms with E-state index in [2.05, 4.69) is 6.92 Å². The third kappa shape index (κ3) is 3.98. The molecular formula is C12H19FN2. The van der Waals surface area contributed by atoms with Crippen LogP contribution in [0.3, 0.4) is 0 Å². The fourth-order valence-electron chi connectivity index (χ4n) is 1.51. The zero-order chi connectivity index (χ0) is 11.3. The summed E-state index contributed by atoms with van der Waals surface area (Å²) in [6.07, 6.45) is 0.946. The Morgan fingerprint density at radius 1 is 1.40 bits per heavy atom. The molecule has 15 heavy (non-hydrogen) atoms. The highest BCUT2D eigenvalue weighted by Crippen LogP contribution is 2.08. The SMILES string of the molecule is CCC(N)CN(C)Cc1ccccc1F. The Morgan fingerprint density at radius 3 is 2.67 bits per heavy atom. The summed E-state index contributed by atoms with van der Waals surface area (Å²) in [5.41, 5.74) is 6.56. The van der Waals surface area contributed by atoms with Crippen LogP contribution in [0.15, 0.2) is 24.3 Å². The number of benzene rings is 1. The van der Waals surface area contributed by atoms with Crippen molar-refractivity contribution >= 4 is 0 Å². The topological polar surface area (TPSA) is 29.3 Å². The van der Waals surface area contributed by atoms with Crippen LogP contribution in [0.5, 0.6) is 0 Å². The molecule has 0 saturated heterocycles. The molecule has 0 saturated carbocycles. The van der Waals surface area contributed by atoms with Crippen LogP contribution in [0.4, 0.5) is 4.39 Å². The average Bonchev–Trinajstić information content (AvgIpc) is 2.21. The molecule has 2 N–H and O–H groups in total. The van der Waals surface area contributed by atoms with Gasteiger partial charge in [-0.25, -0.2) is 4.39 Å². The molecule has 1 rings (SSSR count). The van der Waals surface area contributed by atoms with Crippen molar-refractivity contribution in [2.75, 3.05) is 13.6 Å². The van der Waals surface area contributed by atoms with Crippen molar-refractivity contribution < 1.29 is 4.39 Å². The Hall–Kier alpha value is -0.930. The number of nitrogens with two attached hydrogens (primary N) is 1. The van der Waals surface area contributed by atoms with E-state index in [1.54, 1.807) is 6.07 Å². The molecule has 0 aromatic heterocycles. The van der Waals surface area contributed by atoms with E-state index in [9.17, 15) is 4.39 Å². The van der Waals surface area contributed by atoms with Crippen molar-refractivity contribution in [3.8, 4) is 0 Å². The highest BCUT2D eigenvalue weighted by Gasteiger charge is 2.07. The van der Waals surface area contributed by atoms with Crippen molar-refractivity contribution in [1.29, 1.82) is 0 Å². The van der Waals surface area contributed by atoms with Gasteiger partial charge in [-0.1, -0.05) is 25.1 Å². The van der Waals surface area contributed by atoms with Gasteiger partial charge in [0.2, 0.25) is 0 Å². The summed E-state index contributed by atoms with van der Waals surface area (Å²) in [6.45, 7) is 3.47. The molecule has 0 aliphatic rings. The lowest BCUT2D eigenvalue weighted by atomic mass is 10.2. The third-order valence-electron chi connectivity index (χ3n) is 2.47. The van der Waals surface area contributed by atoms with E-state index in [0.29, 0.717) is 6.54 Å². The summed E-state index contributed by atoms with van der Waals surface area (Å²) in [6, 6.07) is 7.02. The van der Waals surface area contributed by atoms with Crippen molar-refractivity contribution in [3.63, 3.8) is 0 Å². The van der Waals surface area contributed by atoms with Crippen LogP contribution in [-0.2, 0) is 6.54 Å². The van der Waals surface area contributed by atoms with Crippen molar-refractivity contribution in [2.24, 2.45) is 5.73 Å². The molecule has 0 amide bonds. The molecule has 0 aliphatic heterocycles. The first kappa shape index (κ1) is 12.1. The summed E-state index contributed by atoms with van der Waals surface area (Å²) in [5.74, 6) is -0.144. The summed E-state index contributed by atoms with van der Waals surface area (Å²) in [4.78, 5) is 2.05. The zero-order valence-electron chi connectivity index (χ0n) is 9.41. The van der Waals surface area contributed by atoms with Crippen LogP contribution in [0, 0.1) is 5.82 Å². The third-order valence-corrected chi connectivity index (χ3v) is 2.47. The highest BCUT2D eigenvalue weighted by atomic mass is 19.1. The average molecular weight is 210 g/mol. The van der Waals surface area contributed by atoms with Gasteiger partial charge in [0.05, 0.1) is 0 Å². The standard InChI is InChI=1S/C12H19FN2/c1-3-11(14)9-15(2)8-10-6-4-5-7-12(10)13/h4-7,11H,3,8-9,14H2,1-2H3. The molecule has 1 unspecified atom stereocenters. The van der Waals surface area contributed by atoms with Gasteiger partial charge in [0.15, 0.2) is 0 Å². The Bertz CT molecular complexity index is 301. The predicted molar refractivity (Wildman–Crippen MR) is 61.0 cm³/mol. The van der Waals surface area contributed by atoms with Gasteiger partial charge in [-0.2, -0.15) is 0 Å². The summed E-state index contributed by atoms with van der Waals surface area (Å²) in [5, 5.41) is 0. The normalized spacial score (nSPS) is 13.1. The highest BCUT2D eigenvalue weighted by molar-refractivity contribution is 5.16. The van der Waals surface area contributed by atoms with Gasteiger partial charge < -0.3 is 10.6 Å². The van der Waals surface area contributed by atoms with Crippen LogP contribution in [0.1, 0.15) is 18.9 Å². The van der Waals surface area contributed by atoms with Crippen LogP contribution in [0.25, 0.3) is 0 Å². The van der Waals surface area contributed by atoms with Gasteiger partial charge in [-0.15, -0.1) is 0 Å². The van der Waals surface area contributed by atoms with Gasteiger partial charge in [-0.3, -0.25) is 0 Å². The van der Waals surface area contributed by atoms with E-state index in [0.717, 1.165) is 18.5 Å². The fourth-order valence-corrected chi connectivity index (χ4v) is 1.51. The Labute approximate surface area is 90.9 Å². The first-order valence-corrected chi connectivity index (χ1v) is 5.31. The maximum absolute atomic E-state index is 13.3. The lowest BCUT2D eigenvalue weighted by Gasteiger charge is -2.20. The maximum Gasteiger partial charge on any atom is 0.127 e. The van der Waals surface area contributed by atoms with E-state index < -0.39 is 0 Å². The van der Waals surface area contributed by atoms with Crippen molar-refractivity contribution in [1.82, 2.24) is 4.90 Å². The fraction of sp³-hybridized carbons (Fsp3) is 0.500. The molecule has 0 aliphatic carbocycles. The molecule has 0 spiro atoms. The van der Waals surface area contributed by atoms with E-state index in [1.165, 1.54) is 6.07 Å². The van der Waals surface area contributed by atoms with Gasteiger partial charge in [-0.05, 0) is 19.5 Å². The molecule has 84 valence electrons. The zero-order valence-corrected chi connectivity index (χ0v) is 9.41. The first-order valence-electron chi connectivity index (χ1n) is 5.31. The van der Waals surface area contributed by atoms with Crippen LogP contribution < -0.4 is 5.73 Å². The Kier molecular flexibility index (Phi) is 4.72. The van der Waals surface area contributed by atoms with E-state index >= 15 is 0 Å². The number of halogens is 1. The van der Waals surface area contributed by atoms with Crippen LogP contribution >= 0.6 is 0 Å². The lowest BCUT2D eigenvalue weighted by Crippen LogP contribution is -2.34. The number of hydrogen-bond acceptors (Lipinski definition) is 2. The molecule has 0 radical (unpaired) electrons.